The summed E-state index contributed by atoms with van der Waals surface area (Å²) in [5.74, 6) is -1.51. The lowest BCUT2D eigenvalue weighted by Crippen LogP contribution is -2.44. The fraction of sp³-hybridized carbons (Fsp3) is 0.400. The summed E-state index contributed by atoms with van der Waals surface area (Å²) in [6.45, 7) is 1.79. The van der Waals surface area contributed by atoms with Gasteiger partial charge in [0.25, 0.3) is 0 Å². The summed E-state index contributed by atoms with van der Waals surface area (Å²) in [7, 11) is 0. The lowest BCUT2D eigenvalue weighted by atomic mass is 10.2. The molecule has 0 bridgehead atoms. The Hall–Kier alpha value is -2.26. The molecule has 19 heavy (non-hydrogen) atoms. The molecule has 0 fully saturated rings. The van der Waals surface area contributed by atoms with E-state index in [1.54, 1.807) is 0 Å². The van der Waals surface area contributed by atoms with E-state index in [0.29, 0.717) is 5.56 Å². The fourth-order valence-electron chi connectivity index (χ4n) is 1.31. The number of carbonyl (C=O) groups excluding carboxylic acids is 1. The lowest BCUT2D eigenvalue weighted by Gasteiger charge is -2.10. The molecule has 0 radical (unpaired) electrons. The number of carboxylic acids is 1. The quantitative estimate of drug-likeness (QED) is 0.393. The van der Waals surface area contributed by atoms with E-state index in [-0.39, 0.29) is 30.4 Å². The van der Waals surface area contributed by atoms with Crippen molar-refractivity contribution in [1.82, 2.24) is 15.3 Å². The smallest absolute Gasteiger partial charge is 0.354 e. The third-order valence-corrected chi connectivity index (χ3v) is 2.45. The summed E-state index contributed by atoms with van der Waals surface area (Å²) in [4.78, 5) is 29.5. The van der Waals surface area contributed by atoms with Crippen LogP contribution < -0.4 is 22.5 Å². The first-order valence-electron chi connectivity index (χ1n) is 5.44. The molecule has 0 saturated heterocycles. The Labute approximate surface area is 109 Å². The number of anilines is 1. The highest BCUT2D eigenvalue weighted by Crippen LogP contribution is 2.11. The Balaban J connectivity index is 2.75. The zero-order valence-corrected chi connectivity index (χ0v) is 10.4. The van der Waals surface area contributed by atoms with Crippen molar-refractivity contribution in [2.75, 3.05) is 12.3 Å². The number of aromatic carboxylic acids is 1. The summed E-state index contributed by atoms with van der Waals surface area (Å²) in [5.41, 5.74) is 16.2. The summed E-state index contributed by atoms with van der Waals surface area (Å²) in [6, 6.07) is -0.832. The molecular formula is C10H16N6O3. The molecule has 1 aromatic heterocycles. The number of hydrogen-bond acceptors (Lipinski definition) is 7. The van der Waals surface area contributed by atoms with Gasteiger partial charge < -0.3 is 27.6 Å². The van der Waals surface area contributed by atoms with Gasteiger partial charge in [0.15, 0.2) is 5.69 Å². The van der Waals surface area contributed by atoms with E-state index in [1.165, 1.54) is 6.92 Å². The largest absolute Gasteiger partial charge is 0.476 e. The van der Waals surface area contributed by atoms with Crippen LogP contribution >= 0.6 is 0 Å². The van der Waals surface area contributed by atoms with Gasteiger partial charge in [-0.3, -0.25) is 4.79 Å². The predicted octanol–water partition coefficient (Wildman–Crippen LogP) is -2.03. The van der Waals surface area contributed by atoms with Crippen LogP contribution in [-0.2, 0) is 11.3 Å². The number of rotatable bonds is 6. The van der Waals surface area contributed by atoms with Crippen LogP contribution in [0.1, 0.15) is 21.9 Å². The Morgan fingerprint density at radius 2 is 2.05 bits per heavy atom. The first-order chi connectivity index (χ1) is 8.82. The Morgan fingerprint density at radius 3 is 2.58 bits per heavy atom. The Morgan fingerprint density at radius 1 is 1.42 bits per heavy atom. The molecule has 104 valence electrons. The van der Waals surface area contributed by atoms with E-state index in [0.717, 1.165) is 0 Å². The zero-order chi connectivity index (χ0) is 14.6. The average Bonchev–Trinajstić information content (AvgIpc) is 2.32. The maximum absolute atomic E-state index is 11.0. The minimum Gasteiger partial charge on any atom is -0.476 e. The van der Waals surface area contributed by atoms with Crippen molar-refractivity contribution < 1.29 is 14.7 Å². The van der Waals surface area contributed by atoms with Crippen molar-refractivity contribution in [2.45, 2.75) is 19.5 Å². The standard InChI is InChI=1S/C10H16N6O3/c1-4-7(10(18)19)15-6(16-8(4)12)3-14-2-5(11)9(13)17/h5,14H,2-3,11H2,1H3,(H2,13,17)(H,18,19)(H2,12,15,16)/t5-/m0/s1. The van der Waals surface area contributed by atoms with E-state index >= 15 is 0 Å². The summed E-state index contributed by atoms with van der Waals surface area (Å²) in [6.07, 6.45) is 0. The second-order valence-electron chi connectivity index (χ2n) is 3.94. The molecule has 1 rings (SSSR count). The maximum Gasteiger partial charge on any atom is 0.354 e. The van der Waals surface area contributed by atoms with Crippen LogP contribution in [0, 0.1) is 6.92 Å². The van der Waals surface area contributed by atoms with E-state index in [9.17, 15) is 9.59 Å². The first kappa shape index (κ1) is 14.8. The number of amides is 1. The van der Waals surface area contributed by atoms with Gasteiger partial charge in [-0.25, -0.2) is 14.8 Å². The van der Waals surface area contributed by atoms with Crippen molar-refractivity contribution in [3.63, 3.8) is 0 Å². The number of nitrogens with one attached hydrogen (secondary N) is 1. The molecule has 0 unspecified atom stereocenters. The highest BCUT2D eigenvalue weighted by Gasteiger charge is 2.15. The topological polar surface area (TPSA) is 170 Å². The van der Waals surface area contributed by atoms with Crippen molar-refractivity contribution in [3.05, 3.63) is 17.1 Å². The van der Waals surface area contributed by atoms with E-state index in [1.807, 2.05) is 0 Å². The van der Waals surface area contributed by atoms with Gasteiger partial charge in [0.05, 0.1) is 12.6 Å². The lowest BCUT2D eigenvalue weighted by molar-refractivity contribution is -0.119. The molecule has 0 aliphatic heterocycles. The van der Waals surface area contributed by atoms with Gasteiger partial charge in [0.2, 0.25) is 5.91 Å². The number of carbonyl (C=O) groups is 2. The highest BCUT2D eigenvalue weighted by atomic mass is 16.4. The third kappa shape index (κ3) is 3.86. The van der Waals surface area contributed by atoms with Gasteiger partial charge in [-0.15, -0.1) is 0 Å². The monoisotopic (exact) mass is 268 g/mol. The number of nitrogen functional groups attached to an aromatic ring is 1. The highest BCUT2D eigenvalue weighted by molar-refractivity contribution is 5.88. The molecule has 0 aromatic carbocycles. The van der Waals surface area contributed by atoms with Gasteiger partial charge in [-0.2, -0.15) is 0 Å². The van der Waals surface area contributed by atoms with Gasteiger partial charge in [-0.05, 0) is 6.92 Å². The van der Waals surface area contributed by atoms with Crippen LogP contribution in [0.25, 0.3) is 0 Å². The number of primary amides is 1. The number of aromatic nitrogens is 2. The normalized spacial score (nSPS) is 12.1. The van der Waals surface area contributed by atoms with Crippen LogP contribution in [-0.4, -0.2) is 39.5 Å². The molecule has 9 nitrogen and oxygen atoms in total. The minimum atomic E-state index is -1.18. The predicted molar refractivity (Wildman–Crippen MR) is 67.0 cm³/mol. The van der Waals surface area contributed by atoms with Crippen LogP contribution in [0.3, 0.4) is 0 Å². The van der Waals surface area contributed by atoms with Crippen LogP contribution in [0.5, 0.6) is 0 Å². The molecule has 1 amide bonds. The molecule has 9 heteroatoms. The molecule has 1 heterocycles. The third-order valence-electron chi connectivity index (χ3n) is 2.45. The summed E-state index contributed by atoms with van der Waals surface area (Å²) in [5, 5.41) is 11.7. The second-order valence-corrected chi connectivity index (χ2v) is 3.94. The van der Waals surface area contributed by atoms with Gasteiger partial charge in [-0.1, -0.05) is 0 Å². The van der Waals surface area contributed by atoms with Crippen molar-refractivity contribution in [3.8, 4) is 0 Å². The van der Waals surface area contributed by atoms with Gasteiger partial charge in [0, 0.05) is 12.1 Å². The second kappa shape index (κ2) is 6.07. The Kier molecular flexibility index (Phi) is 4.73. The fourth-order valence-corrected chi connectivity index (χ4v) is 1.31. The summed E-state index contributed by atoms with van der Waals surface area (Å²) >= 11 is 0. The maximum atomic E-state index is 11.0. The summed E-state index contributed by atoms with van der Waals surface area (Å²) < 4.78 is 0. The molecule has 0 aliphatic carbocycles. The number of nitrogens with two attached hydrogens (primary N) is 3. The molecule has 0 spiro atoms. The number of hydrogen-bond donors (Lipinski definition) is 5. The number of nitrogens with zero attached hydrogens (tertiary/aromatic N) is 2. The van der Waals surface area contributed by atoms with E-state index in [2.05, 4.69) is 15.3 Å². The van der Waals surface area contributed by atoms with Crippen molar-refractivity contribution >= 4 is 17.7 Å². The van der Waals surface area contributed by atoms with Gasteiger partial charge >= 0.3 is 5.97 Å². The molecule has 0 aliphatic rings. The van der Waals surface area contributed by atoms with Gasteiger partial charge in [0.1, 0.15) is 11.6 Å². The molecule has 0 saturated carbocycles. The SMILES string of the molecule is Cc1c(N)nc(CNC[C@H](N)C(N)=O)nc1C(=O)O. The van der Waals surface area contributed by atoms with Crippen molar-refractivity contribution in [2.24, 2.45) is 11.5 Å². The van der Waals surface area contributed by atoms with Crippen LogP contribution in [0.2, 0.25) is 0 Å². The molecule has 8 N–H and O–H groups in total. The zero-order valence-electron chi connectivity index (χ0n) is 10.4. The Bertz CT molecular complexity index is 504. The van der Waals surface area contributed by atoms with E-state index in [4.69, 9.17) is 22.3 Å². The molecular weight excluding hydrogens is 252 g/mol. The van der Waals surface area contributed by atoms with E-state index < -0.39 is 17.9 Å². The van der Waals surface area contributed by atoms with Crippen molar-refractivity contribution in [1.29, 1.82) is 0 Å². The average molecular weight is 268 g/mol. The number of carboxylic acid groups (broad SMARTS) is 1. The van der Waals surface area contributed by atoms with Crippen LogP contribution in [0.15, 0.2) is 0 Å². The molecule has 1 aromatic rings. The first-order valence-corrected chi connectivity index (χ1v) is 5.44. The molecule has 1 atom stereocenters. The minimum absolute atomic E-state index is 0.100. The van der Waals surface area contributed by atoms with Crippen LogP contribution in [0.4, 0.5) is 5.82 Å².